The second kappa shape index (κ2) is 10.0. The van der Waals surface area contributed by atoms with Crippen molar-refractivity contribution in [1.82, 2.24) is 15.1 Å². The minimum Gasteiger partial charge on any atom is -0.383 e. The first kappa shape index (κ1) is 20.8. The average molecular weight is 405 g/mol. The number of aromatic amines is 1. The number of nitrogens with one attached hydrogen (secondary N) is 2. The molecule has 0 saturated heterocycles. The molecule has 2 aromatic heterocycles. The Morgan fingerprint density at radius 1 is 1.20 bits per heavy atom. The lowest BCUT2D eigenvalue weighted by molar-refractivity contribution is 0.430. The molecule has 0 aliphatic heterocycles. The van der Waals surface area contributed by atoms with Crippen LogP contribution in [-0.2, 0) is 0 Å². The van der Waals surface area contributed by atoms with Gasteiger partial charge in [0.05, 0.1) is 11.4 Å². The van der Waals surface area contributed by atoms with Crippen molar-refractivity contribution in [1.29, 1.82) is 5.26 Å². The van der Waals surface area contributed by atoms with Crippen molar-refractivity contribution in [3.8, 4) is 18.0 Å². The van der Waals surface area contributed by atoms with Crippen LogP contribution in [0.1, 0.15) is 37.7 Å². The summed E-state index contributed by atoms with van der Waals surface area (Å²) in [6.07, 6.45) is 8.84. The van der Waals surface area contributed by atoms with Crippen LogP contribution in [0, 0.1) is 11.8 Å². The van der Waals surface area contributed by atoms with Gasteiger partial charge in [-0.05, 0) is 43.2 Å². The minimum atomic E-state index is -0.260. The molecule has 0 atom stereocenters. The van der Waals surface area contributed by atoms with Gasteiger partial charge < -0.3 is 20.6 Å². The van der Waals surface area contributed by atoms with E-state index in [1.807, 2.05) is 18.2 Å². The highest BCUT2D eigenvalue weighted by Crippen LogP contribution is 2.24. The summed E-state index contributed by atoms with van der Waals surface area (Å²) in [5.74, 6) is 0.604. The van der Waals surface area contributed by atoms with E-state index < -0.39 is 0 Å². The quantitative estimate of drug-likeness (QED) is 0.436. The zero-order valence-electron chi connectivity index (χ0n) is 16.4. The lowest BCUT2D eigenvalue weighted by Crippen LogP contribution is -2.29. The Morgan fingerprint density at radius 2 is 1.93 bits per heavy atom. The van der Waals surface area contributed by atoms with E-state index >= 15 is 0 Å². The minimum absolute atomic E-state index is 0.172. The predicted molar refractivity (Wildman–Crippen MR) is 114 cm³/mol. The number of nitrogens with two attached hydrogens (primary N) is 1. The lowest BCUT2D eigenvalue weighted by atomic mass is 9.95. The van der Waals surface area contributed by atoms with Gasteiger partial charge in [-0.1, -0.05) is 24.4 Å². The van der Waals surface area contributed by atoms with Crippen molar-refractivity contribution >= 4 is 17.2 Å². The summed E-state index contributed by atoms with van der Waals surface area (Å²) in [6, 6.07) is 9.41. The van der Waals surface area contributed by atoms with Crippen LogP contribution in [0.2, 0.25) is 0 Å². The largest absolute Gasteiger partial charge is 0.383 e. The van der Waals surface area contributed by atoms with E-state index in [1.165, 1.54) is 25.6 Å². The molecule has 0 spiro atoms. The molecular formula is C21H23N7O2. The van der Waals surface area contributed by atoms with Gasteiger partial charge in [-0.3, -0.25) is 4.79 Å². The molecule has 1 fully saturated rings. The SMILES string of the molecule is C#N.NC(=Nc1ccc(-c2ncno2)cc1)c1c(NC2CCCCC2)cc[nH]c1=O. The first-order valence-corrected chi connectivity index (χ1v) is 9.66. The fourth-order valence-corrected chi connectivity index (χ4v) is 3.49. The van der Waals surface area contributed by atoms with E-state index in [0.29, 0.717) is 23.2 Å². The van der Waals surface area contributed by atoms with Crippen molar-refractivity contribution < 1.29 is 4.52 Å². The zero-order chi connectivity index (χ0) is 21.3. The standard InChI is InChI=1S/C20H22N6O2.CHN/c21-18(26-15-8-6-13(7-9-15)20-23-12-24-28-20)17-16(10-11-22-19(17)27)25-14-4-2-1-3-5-14;1-2/h6-12,14H,1-5H2,(H2,21,26)(H2,22,25,27);1H. The molecule has 4 N–H and O–H groups in total. The number of anilines is 1. The van der Waals surface area contributed by atoms with Gasteiger partial charge in [0, 0.05) is 24.4 Å². The van der Waals surface area contributed by atoms with Gasteiger partial charge in [-0.15, -0.1) is 0 Å². The first-order valence-electron chi connectivity index (χ1n) is 9.66. The van der Waals surface area contributed by atoms with E-state index in [2.05, 4.69) is 32.0 Å². The first-order chi connectivity index (χ1) is 14.7. The van der Waals surface area contributed by atoms with Crippen LogP contribution >= 0.6 is 0 Å². The van der Waals surface area contributed by atoms with E-state index in [0.717, 1.165) is 24.1 Å². The number of H-pyrrole nitrogens is 1. The number of amidine groups is 1. The van der Waals surface area contributed by atoms with E-state index in [1.54, 1.807) is 18.3 Å². The Labute approximate surface area is 173 Å². The molecule has 1 saturated carbocycles. The number of hydrogen-bond acceptors (Lipinski definition) is 7. The van der Waals surface area contributed by atoms with Crippen LogP contribution < -0.4 is 16.6 Å². The van der Waals surface area contributed by atoms with Gasteiger partial charge >= 0.3 is 0 Å². The Bertz CT molecular complexity index is 1050. The highest BCUT2D eigenvalue weighted by Gasteiger charge is 2.17. The Balaban J connectivity index is 0.00000124. The number of aliphatic imine (C=N–C) groups is 1. The third kappa shape index (κ3) is 4.91. The molecule has 2 heterocycles. The van der Waals surface area contributed by atoms with Crippen molar-refractivity contribution in [2.24, 2.45) is 10.7 Å². The number of nitriles is 1. The van der Waals surface area contributed by atoms with Crippen molar-refractivity contribution in [2.45, 2.75) is 38.1 Å². The van der Waals surface area contributed by atoms with Crippen LogP contribution in [0.4, 0.5) is 11.4 Å². The maximum absolute atomic E-state index is 12.4. The van der Waals surface area contributed by atoms with Gasteiger partial charge in [-0.25, -0.2) is 10.3 Å². The van der Waals surface area contributed by atoms with Gasteiger partial charge in [-0.2, -0.15) is 4.98 Å². The highest BCUT2D eigenvalue weighted by molar-refractivity contribution is 6.03. The molecule has 4 rings (SSSR count). The predicted octanol–water partition coefficient (Wildman–Crippen LogP) is 3.35. The molecule has 9 heteroatoms. The molecule has 1 aliphatic rings. The number of benzene rings is 1. The maximum atomic E-state index is 12.4. The van der Waals surface area contributed by atoms with Crippen molar-refractivity contribution in [2.75, 3.05) is 5.32 Å². The van der Waals surface area contributed by atoms with E-state index in [-0.39, 0.29) is 11.4 Å². The van der Waals surface area contributed by atoms with Crippen LogP contribution in [0.3, 0.4) is 0 Å². The third-order valence-electron chi connectivity index (χ3n) is 4.91. The summed E-state index contributed by atoms with van der Waals surface area (Å²) in [6.45, 7) is 3.50. The van der Waals surface area contributed by atoms with Crippen LogP contribution in [0.5, 0.6) is 0 Å². The molecule has 3 aromatic rings. The molecular weight excluding hydrogens is 382 g/mol. The van der Waals surface area contributed by atoms with Gasteiger partial charge in [0.1, 0.15) is 11.4 Å². The van der Waals surface area contributed by atoms with Crippen LogP contribution in [0.25, 0.3) is 11.5 Å². The molecule has 0 bridgehead atoms. The highest BCUT2D eigenvalue weighted by atomic mass is 16.5. The van der Waals surface area contributed by atoms with Crippen molar-refractivity contribution in [3.05, 3.63) is 58.8 Å². The van der Waals surface area contributed by atoms with Crippen LogP contribution in [0.15, 0.2) is 57.2 Å². The zero-order valence-corrected chi connectivity index (χ0v) is 16.4. The Kier molecular flexibility index (Phi) is 6.95. The molecule has 1 aliphatic carbocycles. The average Bonchev–Trinajstić information content (AvgIpc) is 3.31. The number of rotatable bonds is 5. The number of pyridine rings is 1. The molecule has 9 nitrogen and oxygen atoms in total. The summed E-state index contributed by atoms with van der Waals surface area (Å²) in [5.41, 5.74) is 8.46. The molecule has 0 radical (unpaired) electrons. The summed E-state index contributed by atoms with van der Waals surface area (Å²) in [5, 5.41) is 13.6. The summed E-state index contributed by atoms with van der Waals surface area (Å²) >= 11 is 0. The molecule has 154 valence electrons. The Hall–Kier alpha value is -3.93. The van der Waals surface area contributed by atoms with Crippen LogP contribution in [-0.4, -0.2) is 27.0 Å². The number of aromatic nitrogens is 3. The molecule has 0 unspecified atom stereocenters. The normalized spacial score (nSPS) is 14.5. The summed E-state index contributed by atoms with van der Waals surface area (Å²) < 4.78 is 5.04. The summed E-state index contributed by atoms with van der Waals surface area (Å²) in [7, 11) is 0. The topological polar surface area (TPSA) is 146 Å². The number of hydrogen-bond donors (Lipinski definition) is 3. The maximum Gasteiger partial charge on any atom is 0.261 e. The lowest BCUT2D eigenvalue weighted by Gasteiger charge is -2.24. The molecule has 30 heavy (non-hydrogen) atoms. The third-order valence-corrected chi connectivity index (χ3v) is 4.91. The molecule has 1 aromatic carbocycles. The number of nitrogens with zero attached hydrogens (tertiary/aromatic N) is 4. The monoisotopic (exact) mass is 405 g/mol. The van der Waals surface area contributed by atoms with E-state index in [4.69, 9.17) is 15.5 Å². The molecule has 0 amide bonds. The Morgan fingerprint density at radius 3 is 2.60 bits per heavy atom. The smallest absolute Gasteiger partial charge is 0.261 e. The van der Waals surface area contributed by atoms with E-state index in [9.17, 15) is 4.79 Å². The second-order valence-electron chi connectivity index (χ2n) is 6.87. The van der Waals surface area contributed by atoms with Gasteiger partial charge in [0.2, 0.25) is 0 Å². The second-order valence-corrected chi connectivity index (χ2v) is 6.87. The fourth-order valence-electron chi connectivity index (χ4n) is 3.49. The summed E-state index contributed by atoms with van der Waals surface area (Å²) in [4.78, 5) is 23.6. The van der Waals surface area contributed by atoms with Gasteiger partial charge in [0.15, 0.2) is 6.33 Å². The van der Waals surface area contributed by atoms with Crippen molar-refractivity contribution in [3.63, 3.8) is 0 Å². The fraction of sp³-hybridized carbons (Fsp3) is 0.286. The van der Waals surface area contributed by atoms with Gasteiger partial charge in [0.25, 0.3) is 11.4 Å².